The predicted octanol–water partition coefficient (Wildman–Crippen LogP) is 6.85. The van der Waals surface area contributed by atoms with Crippen molar-refractivity contribution in [2.75, 3.05) is 19.7 Å². The Balaban J connectivity index is 1.17. The van der Waals surface area contributed by atoms with E-state index in [1.165, 1.54) is 69.4 Å². The van der Waals surface area contributed by atoms with E-state index in [9.17, 15) is 14.7 Å². The zero-order chi connectivity index (χ0) is 32.1. The van der Waals surface area contributed by atoms with Gasteiger partial charge in [0.05, 0.1) is 6.61 Å². The molecule has 4 rings (SSSR count). The molecule has 8 nitrogen and oxygen atoms in total. The van der Waals surface area contributed by atoms with Gasteiger partial charge < -0.3 is 20.5 Å². The van der Waals surface area contributed by atoms with Gasteiger partial charge in [0.1, 0.15) is 5.54 Å². The van der Waals surface area contributed by atoms with Gasteiger partial charge in [0.15, 0.2) is 6.29 Å². The number of amides is 1. The molecule has 45 heavy (non-hydrogen) atoms. The molecule has 0 heterocycles. The minimum absolute atomic E-state index is 0.274. The van der Waals surface area contributed by atoms with E-state index in [0.29, 0.717) is 24.4 Å². The van der Waals surface area contributed by atoms with E-state index in [2.05, 4.69) is 42.1 Å². The van der Waals surface area contributed by atoms with Crippen LogP contribution in [0.15, 0.2) is 30.3 Å². The lowest BCUT2D eigenvalue weighted by Crippen LogP contribution is -2.63. The van der Waals surface area contributed by atoms with Gasteiger partial charge in [-0.1, -0.05) is 70.2 Å². The van der Waals surface area contributed by atoms with E-state index in [1.54, 1.807) is 13.0 Å². The molecule has 3 aliphatic carbocycles. The van der Waals surface area contributed by atoms with E-state index in [-0.39, 0.29) is 17.7 Å². The van der Waals surface area contributed by atoms with E-state index in [1.807, 2.05) is 12.1 Å². The fourth-order valence-corrected chi connectivity index (χ4v) is 7.88. The molecule has 3 saturated carbocycles. The number of hydrogen-bond acceptors (Lipinski definition) is 6. The summed E-state index contributed by atoms with van der Waals surface area (Å²) in [6.07, 6.45) is 17.7. The van der Waals surface area contributed by atoms with Crippen molar-refractivity contribution >= 4 is 18.0 Å². The minimum atomic E-state index is -0.725. The summed E-state index contributed by atoms with van der Waals surface area (Å²) < 4.78 is 5.50. The van der Waals surface area contributed by atoms with Crippen LogP contribution in [0.5, 0.6) is 0 Å². The molecular weight excluding hydrogens is 566 g/mol. The average Bonchev–Trinajstić information content (AvgIpc) is 3.59. The van der Waals surface area contributed by atoms with E-state index >= 15 is 0 Å². The van der Waals surface area contributed by atoms with Crippen LogP contribution < -0.4 is 16.1 Å². The van der Waals surface area contributed by atoms with Gasteiger partial charge in [0, 0.05) is 12.6 Å². The molecule has 8 heteroatoms. The standard InChI is InChI=1S/C37H59N3O5/c1-27(2)26-44-28(3)45-40-35(41)21-20-29-10-9-11-32(22-29)24-38-23-30-16-18-31(19-17-30)25-39-37(36(42)43,34-14-7-8-15-34)33-12-5-4-6-13-33/h9-11,20-22,27-28,30-31,33-34,38-39H,4-8,12-19,23-26H2,1-3H3,(H,40,41)(H,42,43)/b21-20+/t28?,30?,31?,37-/m1/s1. The quantitative estimate of drug-likeness (QED) is 0.0852. The number of hydrogen-bond donors (Lipinski definition) is 4. The third kappa shape index (κ3) is 10.9. The van der Waals surface area contributed by atoms with Gasteiger partial charge in [-0.15, -0.1) is 0 Å². The highest BCUT2D eigenvalue weighted by molar-refractivity contribution is 5.90. The number of nitrogens with one attached hydrogen (secondary N) is 3. The van der Waals surface area contributed by atoms with Gasteiger partial charge in [-0.25, -0.2) is 10.3 Å². The van der Waals surface area contributed by atoms with E-state index in [4.69, 9.17) is 9.57 Å². The minimum Gasteiger partial charge on any atom is -0.480 e. The predicted molar refractivity (Wildman–Crippen MR) is 179 cm³/mol. The van der Waals surface area contributed by atoms with Crippen molar-refractivity contribution in [3.05, 3.63) is 41.5 Å². The molecular formula is C37H59N3O5. The molecule has 0 spiro atoms. The monoisotopic (exact) mass is 625 g/mol. The highest BCUT2D eigenvalue weighted by Crippen LogP contribution is 2.44. The third-order valence-electron chi connectivity index (χ3n) is 10.4. The van der Waals surface area contributed by atoms with Crippen LogP contribution in [-0.4, -0.2) is 48.5 Å². The third-order valence-corrected chi connectivity index (χ3v) is 10.4. The molecule has 252 valence electrons. The molecule has 0 radical (unpaired) electrons. The molecule has 0 aliphatic heterocycles. The number of carboxylic acids is 1. The second kappa shape index (κ2) is 18.2. The maximum atomic E-state index is 12.9. The Morgan fingerprint density at radius 1 is 0.911 bits per heavy atom. The normalized spacial score (nSPS) is 23.7. The molecule has 0 saturated heterocycles. The molecule has 1 amide bonds. The van der Waals surface area contributed by atoms with Crippen LogP contribution in [0.3, 0.4) is 0 Å². The summed E-state index contributed by atoms with van der Waals surface area (Å²) in [5.74, 6) is 1.25. The van der Waals surface area contributed by atoms with Crippen molar-refractivity contribution in [3.63, 3.8) is 0 Å². The summed E-state index contributed by atoms with van der Waals surface area (Å²) >= 11 is 0. The molecule has 0 aromatic heterocycles. The van der Waals surface area contributed by atoms with Crippen LogP contribution >= 0.6 is 0 Å². The van der Waals surface area contributed by atoms with Crippen molar-refractivity contribution < 1.29 is 24.3 Å². The fourth-order valence-electron chi connectivity index (χ4n) is 7.88. The molecule has 0 bridgehead atoms. The number of benzene rings is 1. The maximum Gasteiger partial charge on any atom is 0.324 e. The highest BCUT2D eigenvalue weighted by Gasteiger charge is 2.52. The first-order valence-corrected chi connectivity index (χ1v) is 17.8. The first-order valence-electron chi connectivity index (χ1n) is 17.8. The first kappa shape index (κ1) is 35.6. The summed E-state index contributed by atoms with van der Waals surface area (Å²) in [4.78, 5) is 30.3. The number of rotatable bonds is 17. The van der Waals surface area contributed by atoms with Crippen molar-refractivity contribution in [1.29, 1.82) is 0 Å². The van der Waals surface area contributed by atoms with Crippen molar-refractivity contribution in [2.45, 2.75) is 123 Å². The first-order chi connectivity index (χ1) is 21.8. The number of carboxylic acid groups (broad SMARTS) is 1. The zero-order valence-corrected chi connectivity index (χ0v) is 28.0. The molecule has 1 aromatic rings. The Morgan fingerprint density at radius 3 is 2.16 bits per heavy atom. The van der Waals surface area contributed by atoms with Crippen molar-refractivity contribution in [2.24, 2.45) is 29.6 Å². The Morgan fingerprint density at radius 2 is 1.53 bits per heavy atom. The van der Waals surface area contributed by atoms with Crippen LogP contribution in [0.25, 0.3) is 6.08 Å². The van der Waals surface area contributed by atoms with Crippen LogP contribution in [0.4, 0.5) is 0 Å². The molecule has 3 aliphatic rings. The number of carbonyl (C=O) groups is 2. The lowest BCUT2D eigenvalue weighted by molar-refractivity contribution is -0.180. The number of carbonyl (C=O) groups excluding carboxylic acids is 1. The Labute approximate surface area is 271 Å². The van der Waals surface area contributed by atoms with Crippen LogP contribution in [0.2, 0.25) is 0 Å². The van der Waals surface area contributed by atoms with Gasteiger partial charge in [-0.3, -0.25) is 9.59 Å². The molecule has 4 N–H and O–H groups in total. The Hall–Kier alpha value is -2.26. The molecule has 3 fully saturated rings. The zero-order valence-electron chi connectivity index (χ0n) is 28.0. The topological polar surface area (TPSA) is 109 Å². The van der Waals surface area contributed by atoms with Gasteiger partial charge in [0.2, 0.25) is 0 Å². The fraction of sp³-hybridized carbons (Fsp3) is 0.730. The highest BCUT2D eigenvalue weighted by atomic mass is 16.8. The largest absolute Gasteiger partial charge is 0.480 e. The van der Waals surface area contributed by atoms with Gasteiger partial charge in [-0.2, -0.15) is 0 Å². The average molecular weight is 626 g/mol. The summed E-state index contributed by atoms with van der Waals surface area (Å²) in [6, 6.07) is 8.20. The Bertz CT molecular complexity index is 1070. The van der Waals surface area contributed by atoms with Crippen molar-refractivity contribution in [1.82, 2.24) is 16.1 Å². The molecule has 2 atom stereocenters. The molecule has 1 unspecified atom stereocenters. The Kier molecular flexibility index (Phi) is 14.4. The van der Waals surface area contributed by atoms with E-state index < -0.39 is 17.8 Å². The van der Waals surface area contributed by atoms with Gasteiger partial charge >= 0.3 is 5.97 Å². The SMILES string of the molecule is CC(C)COC(C)ONC(=O)/C=C/c1cccc(CNCC2CCC(CN[C@](C(=O)O)(C3CCCCC3)C3CCCC3)CC2)c1. The smallest absolute Gasteiger partial charge is 0.324 e. The molecule has 1 aromatic carbocycles. The van der Waals surface area contributed by atoms with Crippen LogP contribution in [-0.2, 0) is 25.7 Å². The number of hydroxylamine groups is 1. The lowest BCUT2D eigenvalue weighted by Gasteiger charge is -2.45. The number of aliphatic carboxylic acids is 1. The van der Waals surface area contributed by atoms with E-state index in [0.717, 1.165) is 50.9 Å². The van der Waals surface area contributed by atoms with Gasteiger partial charge in [-0.05, 0) is 118 Å². The lowest BCUT2D eigenvalue weighted by atomic mass is 9.67. The summed E-state index contributed by atoms with van der Waals surface area (Å²) in [5, 5.41) is 18.1. The second-order valence-electron chi connectivity index (χ2n) is 14.3. The van der Waals surface area contributed by atoms with Crippen LogP contribution in [0.1, 0.15) is 115 Å². The number of ether oxygens (including phenoxy) is 1. The second-order valence-corrected chi connectivity index (χ2v) is 14.3. The van der Waals surface area contributed by atoms with Crippen LogP contribution in [0, 0.1) is 29.6 Å². The summed E-state index contributed by atoms with van der Waals surface area (Å²) in [5.41, 5.74) is 3.84. The van der Waals surface area contributed by atoms with Crippen molar-refractivity contribution in [3.8, 4) is 0 Å². The summed E-state index contributed by atoms with van der Waals surface area (Å²) in [6.45, 7) is 9.06. The van der Waals surface area contributed by atoms with Gasteiger partial charge in [0.25, 0.3) is 5.91 Å². The maximum absolute atomic E-state index is 12.9. The summed E-state index contributed by atoms with van der Waals surface area (Å²) in [7, 11) is 0.